The average molecular weight is 533 g/mol. The van der Waals surface area contributed by atoms with E-state index >= 15 is 0 Å². The molecule has 0 amide bonds. The predicted molar refractivity (Wildman–Crippen MR) is 96.6 cm³/mol. The minimum absolute atomic E-state index is 0. The largest absolute Gasteiger partial charge is 0.376 e. The molecule has 0 atom stereocenters. The van der Waals surface area contributed by atoms with Crippen molar-refractivity contribution in [1.82, 2.24) is 14.6 Å². The van der Waals surface area contributed by atoms with Crippen LogP contribution in [0.3, 0.4) is 0 Å². The van der Waals surface area contributed by atoms with Gasteiger partial charge in [0.05, 0.1) is 12.7 Å². The molecule has 138 valence electrons. The third-order valence-corrected chi connectivity index (χ3v) is 4.16. The summed E-state index contributed by atoms with van der Waals surface area (Å²) in [5.74, 6) is 0.104. The zero-order valence-electron chi connectivity index (χ0n) is 15.1. The van der Waals surface area contributed by atoms with E-state index in [0.717, 1.165) is 5.56 Å². The number of nitrogens with one attached hydrogen (secondary N) is 1. The molecule has 2 aromatic heterocycles. The summed E-state index contributed by atoms with van der Waals surface area (Å²) in [6.07, 6.45) is 4.72. The number of ketones is 2. The van der Waals surface area contributed by atoms with Gasteiger partial charge in [0, 0.05) is 37.8 Å². The zero-order valence-corrected chi connectivity index (χ0v) is 18.0. The van der Waals surface area contributed by atoms with E-state index in [1.54, 1.807) is 29.8 Å². The summed E-state index contributed by atoms with van der Waals surface area (Å²) in [6.45, 7) is 5.08. The topological polar surface area (TPSA) is 93.4 Å². The first-order chi connectivity index (χ1) is 12.4. The van der Waals surface area contributed by atoms with E-state index in [4.69, 9.17) is 0 Å². The van der Waals surface area contributed by atoms with Gasteiger partial charge in [0.15, 0.2) is 5.78 Å². The van der Waals surface area contributed by atoms with Crippen molar-refractivity contribution in [2.24, 2.45) is 0 Å². The number of Topliss-reactive ketones (excluding diaryl/α,β-unsaturated/α-hetero) is 2. The predicted octanol–water partition coefficient (Wildman–Crippen LogP) is 2.71. The van der Waals surface area contributed by atoms with Crippen molar-refractivity contribution in [3.8, 4) is 0 Å². The fourth-order valence-electron chi connectivity index (χ4n) is 2.74. The smallest absolute Gasteiger partial charge is 0.170 e. The molecule has 0 bridgehead atoms. The summed E-state index contributed by atoms with van der Waals surface area (Å²) < 4.78 is 1.56. The Labute approximate surface area is 170 Å². The van der Waals surface area contributed by atoms with Crippen molar-refractivity contribution in [2.75, 3.05) is 5.32 Å². The Bertz CT molecular complexity index is 1040. The van der Waals surface area contributed by atoms with Gasteiger partial charge < -0.3 is 14.6 Å². The molecule has 0 aliphatic carbocycles. The molecular formula is C19H17N4O3W-. The van der Waals surface area contributed by atoms with Gasteiger partial charge in [-0.25, -0.2) is 4.98 Å². The van der Waals surface area contributed by atoms with Gasteiger partial charge >= 0.3 is 0 Å². The molecular weight excluding hydrogens is 516 g/mol. The van der Waals surface area contributed by atoms with Crippen LogP contribution in [0.4, 0.5) is 11.5 Å². The second-order valence-electron chi connectivity index (χ2n) is 6.13. The molecule has 1 aromatic carbocycles. The Morgan fingerprint density at radius 3 is 2.67 bits per heavy atom. The summed E-state index contributed by atoms with van der Waals surface area (Å²) in [5.41, 5.74) is 3.84. The number of rotatable bonds is 6. The van der Waals surface area contributed by atoms with Gasteiger partial charge in [-0.2, -0.15) is 5.10 Å². The summed E-state index contributed by atoms with van der Waals surface area (Å²) >= 11 is 0. The van der Waals surface area contributed by atoms with E-state index in [9.17, 15) is 14.4 Å². The van der Waals surface area contributed by atoms with Gasteiger partial charge in [-0.3, -0.25) is 9.59 Å². The molecule has 0 aliphatic heterocycles. The third kappa shape index (κ3) is 4.19. The van der Waals surface area contributed by atoms with Crippen molar-refractivity contribution >= 4 is 34.9 Å². The second kappa shape index (κ2) is 8.35. The molecule has 3 rings (SSSR count). The maximum atomic E-state index is 12.2. The van der Waals surface area contributed by atoms with Gasteiger partial charge in [-0.05, 0) is 25.5 Å². The minimum Gasteiger partial charge on any atom is -0.376 e. The Kier molecular flexibility index (Phi) is 6.39. The summed E-state index contributed by atoms with van der Waals surface area (Å²) in [7, 11) is 0. The quantitative estimate of drug-likeness (QED) is 0.298. The molecule has 1 N–H and O–H groups in total. The first-order valence-corrected chi connectivity index (χ1v) is 8.02. The molecule has 0 saturated heterocycles. The van der Waals surface area contributed by atoms with E-state index in [-0.39, 0.29) is 39.1 Å². The van der Waals surface area contributed by atoms with Gasteiger partial charge in [-0.15, -0.1) is 11.1 Å². The van der Waals surface area contributed by atoms with Crippen LogP contribution in [-0.4, -0.2) is 32.5 Å². The van der Waals surface area contributed by atoms with E-state index in [2.05, 4.69) is 15.4 Å². The molecule has 0 fully saturated rings. The number of hydrogen-bond acceptors (Lipinski definition) is 6. The zero-order chi connectivity index (χ0) is 18.8. The molecule has 0 aliphatic rings. The van der Waals surface area contributed by atoms with Crippen molar-refractivity contribution in [3.63, 3.8) is 0 Å². The number of hydrogen-bond donors (Lipinski definition) is 1. The van der Waals surface area contributed by atoms with Gasteiger partial charge in [-0.1, -0.05) is 25.3 Å². The molecule has 2 heterocycles. The third-order valence-electron chi connectivity index (χ3n) is 4.16. The monoisotopic (exact) mass is 533 g/mol. The van der Waals surface area contributed by atoms with Crippen LogP contribution in [0.1, 0.15) is 40.4 Å². The van der Waals surface area contributed by atoms with Crippen LogP contribution in [0.15, 0.2) is 30.7 Å². The number of aromatic nitrogens is 3. The van der Waals surface area contributed by atoms with Crippen molar-refractivity contribution in [2.45, 2.75) is 27.2 Å². The van der Waals surface area contributed by atoms with E-state index in [1.807, 2.05) is 19.3 Å². The van der Waals surface area contributed by atoms with Crippen molar-refractivity contribution in [1.29, 1.82) is 0 Å². The van der Waals surface area contributed by atoms with Crippen LogP contribution in [0.5, 0.6) is 0 Å². The van der Waals surface area contributed by atoms with Crippen molar-refractivity contribution < 1.29 is 35.4 Å². The number of benzene rings is 1. The summed E-state index contributed by atoms with van der Waals surface area (Å²) in [4.78, 5) is 38.7. The number of nitrogens with zero attached hydrogens (tertiary/aromatic N) is 3. The Balaban J connectivity index is 0.00000261. The molecule has 27 heavy (non-hydrogen) atoms. The SMILES string of the molecule is CC(=O)CC(=O)c1ccc(C)c(Nc2ncnn3cc([C-]=O)c(C)c23)c1.[W]. The maximum absolute atomic E-state index is 12.2. The normalized spacial score (nSPS) is 10.3. The number of aryl methyl sites for hydroxylation is 2. The van der Waals surface area contributed by atoms with E-state index < -0.39 is 0 Å². The number of anilines is 2. The summed E-state index contributed by atoms with van der Waals surface area (Å²) in [5, 5.41) is 7.31. The Morgan fingerprint density at radius 2 is 2.00 bits per heavy atom. The molecule has 8 heteroatoms. The maximum Gasteiger partial charge on any atom is 0.170 e. The van der Waals surface area contributed by atoms with Crippen molar-refractivity contribution in [3.05, 3.63) is 53.0 Å². The summed E-state index contributed by atoms with van der Waals surface area (Å²) in [6, 6.07) is 5.21. The second-order valence-corrected chi connectivity index (χ2v) is 6.13. The Hall–Kier alpha value is -2.66. The standard InChI is InChI=1S/C19H17N4O3.W/c1-11-4-5-14(17(26)6-12(2)25)7-16(11)22-19-18-13(3)15(9-24)8-23(18)21-10-20-19;/h4-5,7-8,10H,6H2,1-3H3,(H,20,21,22);/q-1;. The van der Waals surface area contributed by atoms with Crippen LogP contribution in [0, 0.1) is 13.8 Å². The number of carbonyl (C=O) groups excluding carboxylic acids is 3. The number of fused-ring (bicyclic) bond motifs is 1. The van der Waals surface area contributed by atoms with E-state index in [0.29, 0.717) is 33.7 Å². The molecule has 3 aromatic rings. The van der Waals surface area contributed by atoms with Gasteiger partial charge in [0.25, 0.3) is 0 Å². The molecule has 0 spiro atoms. The minimum atomic E-state index is -0.231. The fraction of sp³-hybridized carbons (Fsp3) is 0.211. The molecule has 0 unspecified atom stereocenters. The van der Waals surface area contributed by atoms with E-state index in [1.165, 1.54) is 13.3 Å². The van der Waals surface area contributed by atoms with Crippen LogP contribution in [0.2, 0.25) is 0 Å². The van der Waals surface area contributed by atoms with Crippen LogP contribution in [0.25, 0.3) is 5.52 Å². The van der Waals surface area contributed by atoms with Crippen LogP contribution in [-0.2, 0) is 30.7 Å². The molecule has 0 saturated carbocycles. The Morgan fingerprint density at radius 1 is 1.26 bits per heavy atom. The van der Waals surface area contributed by atoms with Crippen LogP contribution >= 0.6 is 0 Å². The van der Waals surface area contributed by atoms with Crippen LogP contribution < -0.4 is 5.32 Å². The average Bonchev–Trinajstić information content (AvgIpc) is 2.93. The van der Waals surface area contributed by atoms with Gasteiger partial charge in [0.1, 0.15) is 17.9 Å². The number of carbonyl (C=O) groups is 2. The first-order valence-electron chi connectivity index (χ1n) is 8.02. The van der Waals surface area contributed by atoms with Gasteiger partial charge in [0.2, 0.25) is 0 Å². The molecule has 7 nitrogen and oxygen atoms in total. The first kappa shape index (κ1) is 20.6. The molecule has 0 radical (unpaired) electrons. The fourth-order valence-corrected chi connectivity index (χ4v) is 2.74.